The van der Waals surface area contributed by atoms with Gasteiger partial charge in [0.05, 0.1) is 0 Å². The van der Waals surface area contributed by atoms with E-state index in [4.69, 9.17) is 18.9 Å². The standard InChI is InChI=1S/2C22H19N5O2/c1-15-13-23-22(25-16-4-7-18(8-5-16)27-10-2-3-11-27)26-21(15)24-17-6-9-19-20(12-17)29-14-28-19;1-15-13-23-22(25-17-6-9-19-20(12-17)29-14-28-19)26-21(15)24-16-4-7-18(8-5-16)27-10-2-3-11-27/h2*2-13H,14H2,1H3,(H2,23,24,25,26). The lowest BCUT2D eigenvalue weighted by Gasteiger charge is -2.12. The van der Waals surface area contributed by atoms with E-state index in [9.17, 15) is 0 Å². The Hall–Kier alpha value is -8.00. The van der Waals surface area contributed by atoms with Crippen LogP contribution in [0.3, 0.4) is 0 Å². The summed E-state index contributed by atoms with van der Waals surface area (Å²) in [5.74, 6) is 5.42. The van der Waals surface area contributed by atoms with Gasteiger partial charge in [-0.25, -0.2) is 9.97 Å². The second-order valence-corrected chi connectivity index (χ2v) is 13.4. The number of rotatable bonds is 10. The molecule has 0 spiro atoms. The maximum Gasteiger partial charge on any atom is 0.231 e. The maximum atomic E-state index is 5.44. The lowest BCUT2D eigenvalue weighted by atomic mass is 10.2. The molecule has 0 aliphatic carbocycles. The lowest BCUT2D eigenvalue weighted by Crippen LogP contribution is -2.03. The number of hydrogen-bond donors (Lipinski definition) is 4. The van der Waals surface area contributed by atoms with E-state index < -0.39 is 0 Å². The van der Waals surface area contributed by atoms with Crippen LogP contribution < -0.4 is 40.2 Å². The molecule has 0 atom stereocenters. The Bertz CT molecular complexity index is 2650. The van der Waals surface area contributed by atoms with Crippen LogP contribution in [-0.2, 0) is 0 Å². The first kappa shape index (κ1) is 35.7. The van der Waals surface area contributed by atoms with Crippen molar-refractivity contribution in [3.8, 4) is 34.4 Å². The third kappa shape index (κ3) is 8.16. The second kappa shape index (κ2) is 16.0. The minimum Gasteiger partial charge on any atom is -0.454 e. The minimum atomic E-state index is 0.247. The number of nitrogens with zero attached hydrogens (tertiary/aromatic N) is 6. The van der Waals surface area contributed by atoms with E-state index in [-0.39, 0.29) is 13.6 Å². The molecule has 6 heterocycles. The van der Waals surface area contributed by atoms with Crippen molar-refractivity contribution in [2.24, 2.45) is 0 Å². The predicted octanol–water partition coefficient (Wildman–Crippen LogP) is 9.58. The number of anilines is 8. The lowest BCUT2D eigenvalue weighted by molar-refractivity contribution is 0.173. The van der Waals surface area contributed by atoms with Crippen molar-refractivity contribution in [3.63, 3.8) is 0 Å². The molecule has 4 N–H and O–H groups in total. The highest BCUT2D eigenvalue weighted by molar-refractivity contribution is 5.67. The summed E-state index contributed by atoms with van der Waals surface area (Å²) >= 11 is 0. The second-order valence-electron chi connectivity index (χ2n) is 13.4. The van der Waals surface area contributed by atoms with Crippen molar-refractivity contribution in [1.29, 1.82) is 0 Å². The van der Waals surface area contributed by atoms with Gasteiger partial charge in [0, 0.05) is 94.6 Å². The van der Waals surface area contributed by atoms with E-state index >= 15 is 0 Å². The monoisotopic (exact) mass is 770 g/mol. The molecule has 0 unspecified atom stereocenters. The summed E-state index contributed by atoms with van der Waals surface area (Å²) in [6, 6.07) is 35.6. The molecule has 0 bridgehead atoms. The quantitative estimate of drug-likeness (QED) is 0.105. The summed E-state index contributed by atoms with van der Waals surface area (Å²) in [4.78, 5) is 18.0. The van der Waals surface area contributed by atoms with Crippen LogP contribution in [0.15, 0.2) is 146 Å². The first-order valence-electron chi connectivity index (χ1n) is 18.5. The first-order chi connectivity index (χ1) is 28.5. The molecule has 2 aliphatic heterocycles. The topological polar surface area (TPSA) is 146 Å². The number of benzene rings is 4. The van der Waals surface area contributed by atoms with Crippen LogP contribution in [0.5, 0.6) is 23.0 Å². The van der Waals surface area contributed by atoms with E-state index in [1.54, 1.807) is 12.4 Å². The Morgan fingerprint density at radius 2 is 0.828 bits per heavy atom. The smallest absolute Gasteiger partial charge is 0.231 e. The normalized spacial score (nSPS) is 12.0. The highest BCUT2D eigenvalue weighted by atomic mass is 16.7. The number of nitrogens with one attached hydrogen (secondary N) is 4. The molecule has 4 aromatic heterocycles. The van der Waals surface area contributed by atoms with E-state index in [1.807, 2.05) is 136 Å². The van der Waals surface area contributed by atoms with Gasteiger partial charge in [-0.05, 0) is 111 Å². The molecule has 0 radical (unpaired) electrons. The van der Waals surface area contributed by atoms with Gasteiger partial charge in [-0.3, -0.25) is 0 Å². The van der Waals surface area contributed by atoms with Crippen LogP contribution in [0, 0.1) is 13.8 Å². The van der Waals surface area contributed by atoms with Crippen LogP contribution in [0.4, 0.5) is 46.3 Å². The van der Waals surface area contributed by atoms with Crippen molar-refractivity contribution in [2.45, 2.75) is 13.8 Å². The van der Waals surface area contributed by atoms with Gasteiger partial charge >= 0.3 is 0 Å². The fraction of sp³-hybridized carbons (Fsp3) is 0.0909. The molecule has 14 nitrogen and oxygen atoms in total. The van der Waals surface area contributed by atoms with E-state index in [2.05, 4.69) is 62.5 Å². The number of aromatic nitrogens is 6. The fourth-order valence-electron chi connectivity index (χ4n) is 6.18. The van der Waals surface area contributed by atoms with Gasteiger partial charge in [0.2, 0.25) is 25.5 Å². The molecule has 10 rings (SSSR count). The van der Waals surface area contributed by atoms with Crippen LogP contribution in [0.2, 0.25) is 0 Å². The third-order valence-corrected chi connectivity index (χ3v) is 9.27. The summed E-state index contributed by atoms with van der Waals surface area (Å²) in [5, 5.41) is 13.2. The molecular formula is C44H38N10O4. The molecule has 0 saturated carbocycles. The minimum absolute atomic E-state index is 0.247. The van der Waals surface area contributed by atoms with Crippen molar-refractivity contribution in [2.75, 3.05) is 34.9 Å². The van der Waals surface area contributed by atoms with Gasteiger partial charge in [-0.15, -0.1) is 0 Å². The molecule has 4 aromatic carbocycles. The zero-order chi connectivity index (χ0) is 39.3. The Labute approximate surface area is 334 Å². The Morgan fingerprint density at radius 3 is 1.31 bits per heavy atom. The van der Waals surface area contributed by atoms with Gasteiger partial charge in [0.25, 0.3) is 0 Å². The average molecular weight is 771 g/mol. The summed E-state index contributed by atoms with van der Waals surface area (Å²) in [6.45, 7) is 4.44. The summed E-state index contributed by atoms with van der Waals surface area (Å²) < 4.78 is 25.7. The van der Waals surface area contributed by atoms with Crippen molar-refractivity contribution in [1.82, 2.24) is 29.1 Å². The highest BCUT2D eigenvalue weighted by Crippen LogP contribution is 2.36. The third-order valence-electron chi connectivity index (χ3n) is 9.27. The molecule has 0 fully saturated rings. The summed E-state index contributed by atoms with van der Waals surface area (Å²) in [6.07, 6.45) is 11.6. The van der Waals surface area contributed by atoms with Crippen LogP contribution in [0.1, 0.15) is 11.1 Å². The number of fused-ring (bicyclic) bond motifs is 2. The summed E-state index contributed by atoms with van der Waals surface area (Å²) in [5.41, 5.74) is 7.67. The van der Waals surface area contributed by atoms with Crippen LogP contribution in [-0.4, -0.2) is 42.7 Å². The largest absolute Gasteiger partial charge is 0.454 e. The fourth-order valence-corrected chi connectivity index (χ4v) is 6.18. The summed E-state index contributed by atoms with van der Waals surface area (Å²) in [7, 11) is 0. The van der Waals surface area contributed by atoms with E-state index in [0.29, 0.717) is 17.6 Å². The molecule has 58 heavy (non-hydrogen) atoms. The first-order valence-corrected chi connectivity index (χ1v) is 18.5. The molecule has 8 aromatic rings. The Morgan fingerprint density at radius 1 is 0.448 bits per heavy atom. The zero-order valence-electron chi connectivity index (χ0n) is 31.6. The van der Waals surface area contributed by atoms with Gasteiger partial charge in [0.15, 0.2) is 23.0 Å². The number of ether oxygens (including phenoxy) is 4. The van der Waals surface area contributed by atoms with Gasteiger partial charge < -0.3 is 49.3 Å². The van der Waals surface area contributed by atoms with Crippen LogP contribution in [0.25, 0.3) is 11.4 Å². The van der Waals surface area contributed by atoms with E-state index in [0.717, 1.165) is 74.1 Å². The van der Waals surface area contributed by atoms with Crippen LogP contribution >= 0.6 is 0 Å². The maximum absolute atomic E-state index is 5.44. The van der Waals surface area contributed by atoms with Crippen molar-refractivity contribution >= 4 is 46.3 Å². The highest BCUT2D eigenvalue weighted by Gasteiger charge is 2.16. The number of hydrogen-bond acceptors (Lipinski definition) is 12. The van der Waals surface area contributed by atoms with E-state index in [1.165, 1.54) is 0 Å². The SMILES string of the molecule is Cc1cnc(Nc2ccc(-n3cccc3)cc2)nc1Nc1ccc2c(c1)OCO2.Cc1cnc(Nc2ccc3c(c2)OCO3)nc1Nc1ccc(-n2cccc2)cc1. The molecule has 288 valence electrons. The van der Waals surface area contributed by atoms with Gasteiger partial charge in [-0.2, -0.15) is 9.97 Å². The van der Waals surface area contributed by atoms with Gasteiger partial charge in [0.1, 0.15) is 11.6 Å². The molecule has 0 amide bonds. The molecule has 14 heteroatoms. The van der Waals surface area contributed by atoms with Gasteiger partial charge in [-0.1, -0.05) is 0 Å². The number of aryl methyl sites for hydroxylation is 2. The predicted molar refractivity (Wildman–Crippen MR) is 223 cm³/mol. The average Bonchev–Trinajstić information content (AvgIpc) is 4.10. The van der Waals surface area contributed by atoms with Crippen molar-refractivity contribution in [3.05, 3.63) is 158 Å². The van der Waals surface area contributed by atoms with Crippen molar-refractivity contribution < 1.29 is 18.9 Å². The molecule has 2 aliphatic rings. The molecule has 0 saturated heterocycles. The zero-order valence-corrected chi connectivity index (χ0v) is 31.6. The Balaban J connectivity index is 0.000000150. The molecular weight excluding hydrogens is 733 g/mol. The Kier molecular flexibility index (Phi) is 9.84.